The molecule has 1 aromatic rings. The molecule has 17 heavy (non-hydrogen) atoms. The van der Waals surface area contributed by atoms with E-state index in [9.17, 15) is 9.90 Å². The van der Waals surface area contributed by atoms with Crippen LogP contribution < -0.4 is 11.1 Å². The minimum Gasteiger partial charge on any atom is -0.387 e. The molecule has 1 rings (SSSR count). The maximum absolute atomic E-state index is 11.4. The first kappa shape index (κ1) is 15.9. The minimum absolute atomic E-state index is 0. The van der Waals surface area contributed by atoms with Crippen molar-refractivity contribution in [3.8, 4) is 0 Å². The number of halogens is 1. The van der Waals surface area contributed by atoms with E-state index in [0.29, 0.717) is 6.42 Å². The minimum atomic E-state index is -0.686. The molecule has 0 saturated heterocycles. The monoisotopic (exact) mass is 258 g/mol. The van der Waals surface area contributed by atoms with Gasteiger partial charge in [-0.3, -0.25) is 4.79 Å². The zero-order chi connectivity index (χ0) is 12.0. The SMILES string of the molecule is CC[C@H](N)C(=O)NCC(O)c1ccccc1.Cl. The van der Waals surface area contributed by atoms with E-state index >= 15 is 0 Å². The number of nitrogens with one attached hydrogen (secondary N) is 1. The fourth-order valence-electron chi connectivity index (χ4n) is 1.31. The van der Waals surface area contributed by atoms with Crippen LogP contribution in [-0.2, 0) is 4.79 Å². The predicted molar refractivity (Wildman–Crippen MR) is 69.9 cm³/mol. The van der Waals surface area contributed by atoms with Crippen molar-refractivity contribution in [2.24, 2.45) is 5.73 Å². The number of nitrogens with two attached hydrogens (primary N) is 1. The number of amides is 1. The van der Waals surface area contributed by atoms with Crippen LogP contribution in [0.25, 0.3) is 0 Å². The van der Waals surface area contributed by atoms with Gasteiger partial charge in [0.1, 0.15) is 0 Å². The summed E-state index contributed by atoms with van der Waals surface area (Å²) < 4.78 is 0. The van der Waals surface area contributed by atoms with Crippen LogP contribution in [0.4, 0.5) is 0 Å². The first-order valence-electron chi connectivity index (χ1n) is 5.41. The van der Waals surface area contributed by atoms with Gasteiger partial charge in [0, 0.05) is 6.54 Å². The number of rotatable bonds is 5. The van der Waals surface area contributed by atoms with Crippen molar-refractivity contribution in [2.75, 3.05) is 6.54 Å². The molecule has 0 aliphatic heterocycles. The van der Waals surface area contributed by atoms with Crippen molar-refractivity contribution in [1.82, 2.24) is 5.32 Å². The Hall–Kier alpha value is -1.10. The van der Waals surface area contributed by atoms with Gasteiger partial charge in [-0.1, -0.05) is 37.3 Å². The molecule has 0 aliphatic carbocycles. The molecule has 1 unspecified atom stereocenters. The number of hydrogen-bond acceptors (Lipinski definition) is 3. The maximum atomic E-state index is 11.4. The molecule has 1 aromatic carbocycles. The zero-order valence-corrected chi connectivity index (χ0v) is 10.6. The normalized spacial score (nSPS) is 13.4. The molecule has 5 heteroatoms. The van der Waals surface area contributed by atoms with Gasteiger partial charge in [-0.15, -0.1) is 12.4 Å². The van der Waals surface area contributed by atoms with Crippen LogP contribution in [0.3, 0.4) is 0 Å². The van der Waals surface area contributed by atoms with E-state index in [2.05, 4.69) is 5.32 Å². The molecule has 0 fully saturated rings. The van der Waals surface area contributed by atoms with Gasteiger partial charge >= 0.3 is 0 Å². The number of aliphatic hydroxyl groups is 1. The van der Waals surface area contributed by atoms with E-state index < -0.39 is 12.1 Å². The third-order valence-corrected chi connectivity index (χ3v) is 2.43. The first-order chi connectivity index (χ1) is 7.65. The molecule has 0 heterocycles. The van der Waals surface area contributed by atoms with E-state index in [1.54, 1.807) is 0 Å². The van der Waals surface area contributed by atoms with Crippen LogP contribution in [0, 0.1) is 0 Å². The van der Waals surface area contributed by atoms with Gasteiger partial charge in [0.15, 0.2) is 0 Å². The number of carbonyl (C=O) groups excluding carboxylic acids is 1. The van der Waals surface area contributed by atoms with E-state index in [0.717, 1.165) is 5.56 Å². The number of hydrogen-bond donors (Lipinski definition) is 3. The summed E-state index contributed by atoms with van der Waals surface area (Å²) in [6.07, 6.45) is -0.0954. The van der Waals surface area contributed by atoms with E-state index in [1.165, 1.54) is 0 Å². The molecule has 4 N–H and O–H groups in total. The van der Waals surface area contributed by atoms with Gasteiger partial charge in [0.25, 0.3) is 0 Å². The molecule has 0 bridgehead atoms. The lowest BCUT2D eigenvalue weighted by atomic mass is 10.1. The van der Waals surface area contributed by atoms with Crippen LogP contribution in [-0.4, -0.2) is 23.6 Å². The summed E-state index contributed by atoms with van der Waals surface area (Å²) in [4.78, 5) is 11.4. The summed E-state index contributed by atoms with van der Waals surface area (Å²) in [5.41, 5.74) is 6.33. The van der Waals surface area contributed by atoms with Crippen LogP contribution in [0.5, 0.6) is 0 Å². The second kappa shape index (κ2) is 8.06. The van der Waals surface area contributed by atoms with Crippen LogP contribution in [0.15, 0.2) is 30.3 Å². The highest BCUT2D eigenvalue weighted by Gasteiger charge is 2.13. The highest BCUT2D eigenvalue weighted by atomic mass is 35.5. The van der Waals surface area contributed by atoms with Crippen molar-refractivity contribution in [2.45, 2.75) is 25.5 Å². The lowest BCUT2D eigenvalue weighted by Crippen LogP contribution is -2.41. The highest BCUT2D eigenvalue weighted by Crippen LogP contribution is 2.10. The Morgan fingerprint density at radius 2 is 2.00 bits per heavy atom. The standard InChI is InChI=1S/C12H18N2O2.ClH/c1-2-10(13)12(16)14-8-11(15)9-6-4-3-5-7-9;/h3-7,10-11,15H,2,8,13H2,1H3,(H,14,16);1H/t10-,11?;/m0./s1. The van der Waals surface area contributed by atoms with Crippen LogP contribution in [0.2, 0.25) is 0 Å². The van der Waals surface area contributed by atoms with Gasteiger partial charge < -0.3 is 16.2 Å². The maximum Gasteiger partial charge on any atom is 0.237 e. The Balaban J connectivity index is 0.00000256. The topological polar surface area (TPSA) is 75.4 Å². The lowest BCUT2D eigenvalue weighted by molar-refractivity contribution is -0.122. The Labute approximate surface area is 108 Å². The number of aliphatic hydroxyl groups excluding tert-OH is 1. The van der Waals surface area contributed by atoms with Crippen molar-refractivity contribution < 1.29 is 9.90 Å². The third kappa shape index (κ3) is 5.17. The lowest BCUT2D eigenvalue weighted by Gasteiger charge is -2.14. The second-order valence-corrected chi connectivity index (χ2v) is 3.69. The molecule has 0 saturated carbocycles. The highest BCUT2D eigenvalue weighted by molar-refractivity contribution is 5.85. The Morgan fingerprint density at radius 3 is 2.53 bits per heavy atom. The largest absolute Gasteiger partial charge is 0.387 e. The second-order valence-electron chi connectivity index (χ2n) is 3.69. The predicted octanol–water partition coefficient (Wildman–Crippen LogP) is 0.995. The fourth-order valence-corrected chi connectivity index (χ4v) is 1.31. The molecule has 1 amide bonds. The van der Waals surface area contributed by atoms with Crippen molar-refractivity contribution >= 4 is 18.3 Å². The van der Waals surface area contributed by atoms with Crippen molar-refractivity contribution in [1.29, 1.82) is 0 Å². The number of benzene rings is 1. The Bertz CT molecular complexity index is 333. The molecule has 4 nitrogen and oxygen atoms in total. The molecule has 96 valence electrons. The average Bonchev–Trinajstić information content (AvgIpc) is 2.35. The summed E-state index contributed by atoms with van der Waals surface area (Å²) in [6, 6.07) is 8.70. The summed E-state index contributed by atoms with van der Waals surface area (Å²) in [5.74, 6) is -0.225. The fraction of sp³-hybridized carbons (Fsp3) is 0.417. The average molecular weight is 259 g/mol. The van der Waals surface area contributed by atoms with E-state index in [1.807, 2.05) is 37.3 Å². The van der Waals surface area contributed by atoms with Gasteiger partial charge in [0.05, 0.1) is 12.1 Å². The first-order valence-corrected chi connectivity index (χ1v) is 5.41. The molecule has 0 spiro atoms. The van der Waals surface area contributed by atoms with Gasteiger partial charge in [0.2, 0.25) is 5.91 Å². The molecule has 0 aliphatic rings. The molecule has 0 radical (unpaired) electrons. The van der Waals surface area contributed by atoms with Crippen molar-refractivity contribution in [3.05, 3.63) is 35.9 Å². The van der Waals surface area contributed by atoms with Crippen LogP contribution in [0.1, 0.15) is 25.0 Å². The number of carbonyl (C=O) groups is 1. The Morgan fingerprint density at radius 1 is 1.41 bits per heavy atom. The smallest absolute Gasteiger partial charge is 0.237 e. The molecular formula is C12H19ClN2O2. The van der Waals surface area contributed by atoms with E-state index in [4.69, 9.17) is 5.73 Å². The summed E-state index contributed by atoms with van der Waals surface area (Å²) in [5, 5.41) is 12.4. The van der Waals surface area contributed by atoms with E-state index in [-0.39, 0.29) is 24.9 Å². The summed E-state index contributed by atoms with van der Waals surface area (Å²) in [6.45, 7) is 2.04. The zero-order valence-electron chi connectivity index (χ0n) is 9.80. The van der Waals surface area contributed by atoms with Crippen molar-refractivity contribution in [3.63, 3.8) is 0 Å². The quantitative estimate of drug-likeness (QED) is 0.737. The Kier molecular flexibility index (Phi) is 7.54. The van der Waals surface area contributed by atoms with Gasteiger partial charge in [-0.2, -0.15) is 0 Å². The molecule has 0 aromatic heterocycles. The van der Waals surface area contributed by atoms with Crippen LogP contribution >= 0.6 is 12.4 Å². The molecular weight excluding hydrogens is 240 g/mol. The summed E-state index contributed by atoms with van der Waals surface area (Å²) >= 11 is 0. The molecule has 2 atom stereocenters. The third-order valence-electron chi connectivity index (χ3n) is 2.43. The van der Waals surface area contributed by atoms with Gasteiger partial charge in [-0.05, 0) is 12.0 Å². The summed E-state index contributed by atoms with van der Waals surface area (Å²) in [7, 11) is 0. The van der Waals surface area contributed by atoms with Gasteiger partial charge in [-0.25, -0.2) is 0 Å².